The maximum absolute atomic E-state index is 8.45. The van der Waals surface area contributed by atoms with Crippen molar-refractivity contribution in [2.24, 2.45) is 7.05 Å². The molecule has 4 aromatic rings. The summed E-state index contributed by atoms with van der Waals surface area (Å²) in [7, 11) is 1.90. The zero-order chi connectivity index (χ0) is 20.3. The third-order valence-electron chi connectivity index (χ3n) is 4.49. The molecule has 0 radical (unpaired) electrons. The van der Waals surface area contributed by atoms with Crippen molar-refractivity contribution in [3.63, 3.8) is 0 Å². The van der Waals surface area contributed by atoms with Gasteiger partial charge in [0.25, 0.3) is 0 Å². The van der Waals surface area contributed by atoms with Gasteiger partial charge < -0.3 is 4.42 Å². The van der Waals surface area contributed by atoms with Gasteiger partial charge in [0.2, 0.25) is 5.69 Å². The fourth-order valence-electron chi connectivity index (χ4n) is 3.15. The van der Waals surface area contributed by atoms with E-state index in [0.717, 1.165) is 38.8 Å². The summed E-state index contributed by atoms with van der Waals surface area (Å²) in [5.74, 6) is -1.71. The van der Waals surface area contributed by atoms with Crippen molar-refractivity contribution < 1.29 is 14.5 Å². The van der Waals surface area contributed by atoms with Crippen LogP contribution in [0.2, 0.25) is 0 Å². The first-order valence-electron chi connectivity index (χ1n) is 9.87. The van der Waals surface area contributed by atoms with Crippen LogP contribution in [-0.4, -0.2) is 4.98 Å². The Morgan fingerprint density at radius 3 is 2.96 bits per heavy atom. The van der Waals surface area contributed by atoms with Crippen molar-refractivity contribution in [3.8, 4) is 11.3 Å². The summed E-state index contributed by atoms with van der Waals surface area (Å²) in [4.78, 5) is 4.20. The molecule has 0 amide bonds. The molecule has 0 saturated carbocycles. The average Bonchev–Trinajstić information content (AvgIpc) is 3.00. The van der Waals surface area contributed by atoms with Crippen LogP contribution in [0.25, 0.3) is 33.2 Å². The van der Waals surface area contributed by atoms with E-state index in [1.54, 1.807) is 30.7 Å². The second-order valence-corrected chi connectivity index (χ2v) is 6.14. The standard InChI is InChI=1S/C21H21N2O/c1-13(2)15-8-10-23(4)18(11-15)20-14(3)5-6-16-17-12-22-9-7-19(17)24-21(16)20/h5-13H,1-4H3/q+1/i1D3,13D. The van der Waals surface area contributed by atoms with E-state index in [1.807, 2.05) is 36.7 Å². The summed E-state index contributed by atoms with van der Waals surface area (Å²) >= 11 is 0. The highest BCUT2D eigenvalue weighted by Crippen LogP contribution is 2.36. The molecule has 24 heavy (non-hydrogen) atoms. The molecule has 0 spiro atoms. The quantitative estimate of drug-likeness (QED) is 0.491. The van der Waals surface area contributed by atoms with Gasteiger partial charge in [0.15, 0.2) is 6.20 Å². The van der Waals surface area contributed by atoms with Gasteiger partial charge in [0.05, 0.1) is 5.56 Å². The zero-order valence-corrected chi connectivity index (χ0v) is 13.9. The van der Waals surface area contributed by atoms with Gasteiger partial charge in [-0.2, -0.15) is 0 Å². The molecule has 0 aliphatic rings. The number of furan rings is 1. The fourth-order valence-corrected chi connectivity index (χ4v) is 3.15. The Kier molecular flexibility index (Phi) is 2.49. The van der Waals surface area contributed by atoms with Gasteiger partial charge in [-0.25, -0.2) is 4.57 Å². The molecule has 120 valence electrons. The number of aryl methyl sites for hydroxylation is 2. The number of pyridine rings is 2. The number of hydrogen-bond donors (Lipinski definition) is 0. The lowest BCUT2D eigenvalue weighted by atomic mass is 9.97. The lowest BCUT2D eigenvalue weighted by Gasteiger charge is -2.09. The Morgan fingerprint density at radius 2 is 2.12 bits per heavy atom. The minimum absolute atomic E-state index is 0.440. The monoisotopic (exact) mass is 321 g/mol. The van der Waals surface area contributed by atoms with E-state index in [4.69, 9.17) is 9.90 Å². The molecule has 3 heteroatoms. The van der Waals surface area contributed by atoms with E-state index in [0.29, 0.717) is 5.56 Å². The number of nitrogens with zero attached hydrogens (tertiary/aromatic N) is 2. The summed E-state index contributed by atoms with van der Waals surface area (Å²) < 4.78 is 39.8. The van der Waals surface area contributed by atoms with Crippen molar-refractivity contribution in [1.29, 1.82) is 0 Å². The lowest BCUT2D eigenvalue weighted by Crippen LogP contribution is -2.31. The van der Waals surface area contributed by atoms with Crippen LogP contribution in [0.3, 0.4) is 0 Å². The average molecular weight is 321 g/mol. The molecule has 1 aromatic carbocycles. The number of rotatable bonds is 2. The summed E-state index contributed by atoms with van der Waals surface area (Å²) in [6.45, 7) is 0.992. The highest BCUT2D eigenvalue weighted by molar-refractivity contribution is 6.09. The first kappa shape index (κ1) is 11.0. The van der Waals surface area contributed by atoms with Gasteiger partial charge in [-0.1, -0.05) is 25.9 Å². The molecular formula is C21H21N2O+. The Balaban J connectivity index is 2.03. The van der Waals surface area contributed by atoms with Crippen molar-refractivity contribution in [3.05, 3.63) is 60.0 Å². The number of benzene rings is 1. The molecule has 3 nitrogen and oxygen atoms in total. The molecule has 0 saturated heterocycles. The minimum Gasteiger partial charge on any atom is -0.455 e. The molecule has 0 bridgehead atoms. The molecule has 1 atom stereocenters. The molecule has 0 aliphatic heterocycles. The van der Waals surface area contributed by atoms with Gasteiger partial charge >= 0.3 is 0 Å². The van der Waals surface area contributed by atoms with Gasteiger partial charge in [-0.3, -0.25) is 4.98 Å². The maximum atomic E-state index is 8.45. The second kappa shape index (κ2) is 5.45. The molecule has 3 aromatic heterocycles. The zero-order valence-electron chi connectivity index (χ0n) is 17.9. The predicted molar refractivity (Wildman–Crippen MR) is 97.0 cm³/mol. The van der Waals surface area contributed by atoms with Crippen LogP contribution < -0.4 is 4.57 Å². The maximum Gasteiger partial charge on any atom is 0.216 e. The van der Waals surface area contributed by atoms with Gasteiger partial charge in [-0.15, -0.1) is 0 Å². The van der Waals surface area contributed by atoms with Crippen LogP contribution in [0.15, 0.2) is 53.3 Å². The summed E-state index contributed by atoms with van der Waals surface area (Å²) in [5.41, 5.74) is 4.62. The Hall–Kier alpha value is -2.68. The SMILES string of the molecule is [2H]C([2H])([2H])C([2H])(C)c1cc[n+](C)c(-c2c(C)ccc3c2oc2ccncc23)c1. The van der Waals surface area contributed by atoms with Gasteiger partial charge in [0, 0.05) is 40.8 Å². The van der Waals surface area contributed by atoms with E-state index in [9.17, 15) is 0 Å². The predicted octanol–water partition coefficient (Wildman–Crippen LogP) is 4.90. The first-order chi connectivity index (χ1) is 13.1. The van der Waals surface area contributed by atoms with Crippen LogP contribution >= 0.6 is 0 Å². The van der Waals surface area contributed by atoms with Crippen LogP contribution in [-0.2, 0) is 7.05 Å². The summed E-state index contributed by atoms with van der Waals surface area (Å²) in [5, 5.41) is 1.89. The van der Waals surface area contributed by atoms with Crippen LogP contribution in [0, 0.1) is 6.92 Å². The second-order valence-electron chi connectivity index (χ2n) is 6.14. The van der Waals surface area contributed by atoms with E-state index in [2.05, 4.69) is 4.98 Å². The lowest BCUT2D eigenvalue weighted by molar-refractivity contribution is -0.660. The Bertz CT molecular complexity index is 1210. The highest BCUT2D eigenvalue weighted by Gasteiger charge is 2.21. The van der Waals surface area contributed by atoms with Crippen LogP contribution in [0.4, 0.5) is 0 Å². The van der Waals surface area contributed by atoms with E-state index in [1.165, 1.54) is 6.92 Å². The number of fused-ring (bicyclic) bond motifs is 3. The number of hydrogen-bond acceptors (Lipinski definition) is 2. The highest BCUT2D eigenvalue weighted by atomic mass is 16.3. The molecule has 4 rings (SSSR count). The summed E-state index contributed by atoms with van der Waals surface area (Å²) in [6, 6.07) is 9.35. The largest absolute Gasteiger partial charge is 0.455 e. The molecule has 1 unspecified atom stereocenters. The molecule has 0 fully saturated rings. The third kappa shape index (κ3) is 2.20. The van der Waals surface area contributed by atoms with E-state index >= 15 is 0 Å². The number of aromatic nitrogens is 2. The van der Waals surface area contributed by atoms with Crippen LogP contribution in [0.5, 0.6) is 0 Å². The topological polar surface area (TPSA) is 29.9 Å². The van der Waals surface area contributed by atoms with E-state index < -0.39 is 12.7 Å². The molecule has 0 aliphatic carbocycles. The smallest absolute Gasteiger partial charge is 0.216 e. The minimum atomic E-state index is -2.43. The fraction of sp³-hybridized carbons (Fsp3) is 0.238. The molecular weight excluding hydrogens is 296 g/mol. The van der Waals surface area contributed by atoms with Crippen molar-refractivity contribution >= 4 is 21.9 Å². The summed E-state index contributed by atoms with van der Waals surface area (Å²) in [6.07, 6.45) is 5.28. The van der Waals surface area contributed by atoms with Crippen molar-refractivity contribution in [2.75, 3.05) is 0 Å². The van der Waals surface area contributed by atoms with Crippen LogP contribution in [0.1, 0.15) is 36.3 Å². The van der Waals surface area contributed by atoms with Crippen molar-refractivity contribution in [1.82, 2.24) is 4.98 Å². The molecule has 0 N–H and O–H groups in total. The third-order valence-corrected chi connectivity index (χ3v) is 4.49. The molecule has 3 heterocycles. The first-order valence-corrected chi connectivity index (χ1v) is 7.87. The van der Waals surface area contributed by atoms with Crippen molar-refractivity contribution in [2.45, 2.75) is 26.6 Å². The van der Waals surface area contributed by atoms with Gasteiger partial charge in [0.1, 0.15) is 18.2 Å². The normalized spacial score (nSPS) is 17.1. The van der Waals surface area contributed by atoms with Gasteiger partial charge in [-0.05, 0) is 30.0 Å². The Labute approximate surface area is 147 Å². The Morgan fingerprint density at radius 1 is 1.25 bits per heavy atom. The van der Waals surface area contributed by atoms with E-state index in [-0.39, 0.29) is 0 Å².